The number of aryl methyl sites for hydroxylation is 1. The van der Waals surface area contributed by atoms with Gasteiger partial charge in [-0.25, -0.2) is 9.78 Å². The highest BCUT2D eigenvalue weighted by molar-refractivity contribution is 6.30. The second-order valence-corrected chi connectivity index (χ2v) is 7.34. The van der Waals surface area contributed by atoms with E-state index in [4.69, 9.17) is 21.1 Å². The van der Waals surface area contributed by atoms with Crippen LogP contribution in [0.25, 0.3) is 0 Å². The lowest BCUT2D eigenvalue weighted by Crippen LogP contribution is -2.55. The number of H-pyrrole nitrogens is 1. The molecular formula is C20H25ClN4O5. The highest BCUT2D eigenvalue weighted by Crippen LogP contribution is 2.28. The Kier molecular flexibility index (Phi) is 6.84. The first-order valence-corrected chi connectivity index (χ1v) is 10.00. The number of anilines is 1. The molecule has 1 saturated heterocycles. The van der Waals surface area contributed by atoms with Crippen molar-refractivity contribution in [1.82, 2.24) is 15.3 Å². The average molecular weight is 437 g/mol. The number of aromatic nitrogens is 2. The summed E-state index contributed by atoms with van der Waals surface area (Å²) in [5.41, 5.74) is 1.57. The molecule has 1 fully saturated rings. The molecule has 2 unspecified atom stereocenters. The van der Waals surface area contributed by atoms with Gasteiger partial charge in [0.1, 0.15) is 11.3 Å². The smallest absolute Gasteiger partial charge is 0.339 e. The number of imidazole rings is 1. The maximum Gasteiger partial charge on any atom is 0.339 e. The molecule has 2 atom stereocenters. The number of aromatic amines is 1. The van der Waals surface area contributed by atoms with Crippen molar-refractivity contribution in [2.75, 3.05) is 32.2 Å². The normalized spacial score (nSPS) is 18.9. The van der Waals surface area contributed by atoms with Crippen LogP contribution >= 0.6 is 11.6 Å². The number of aromatic carboxylic acids is 1. The van der Waals surface area contributed by atoms with Crippen LogP contribution in [0.3, 0.4) is 0 Å². The largest absolute Gasteiger partial charge is 0.496 e. The first-order valence-electron chi connectivity index (χ1n) is 9.62. The van der Waals surface area contributed by atoms with E-state index in [9.17, 15) is 14.7 Å². The molecule has 1 amide bonds. The van der Waals surface area contributed by atoms with Crippen molar-refractivity contribution in [3.63, 3.8) is 0 Å². The van der Waals surface area contributed by atoms with Crippen molar-refractivity contribution in [2.24, 2.45) is 0 Å². The number of benzene rings is 1. The number of hydrogen-bond acceptors (Lipinski definition) is 6. The highest BCUT2D eigenvalue weighted by Gasteiger charge is 2.32. The Morgan fingerprint density at radius 2 is 2.17 bits per heavy atom. The fraction of sp³-hybridized carbons (Fsp3) is 0.450. The fourth-order valence-electron chi connectivity index (χ4n) is 3.58. The van der Waals surface area contributed by atoms with E-state index in [1.165, 1.54) is 7.11 Å². The predicted octanol–water partition coefficient (Wildman–Crippen LogP) is 2.36. The van der Waals surface area contributed by atoms with Gasteiger partial charge in [0.2, 0.25) is 0 Å². The predicted molar refractivity (Wildman–Crippen MR) is 112 cm³/mol. The van der Waals surface area contributed by atoms with Crippen molar-refractivity contribution >= 4 is 29.2 Å². The van der Waals surface area contributed by atoms with Gasteiger partial charge in [-0.2, -0.15) is 0 Å². The quantitative estimate of drug-likeness (QED) is 0.609. The Morgan fingerprint density at radius 3 is 2.77 bits per heavy atom. The summed E-state index contributed by atoms with van der Waals surface area (Å²) in [5, 5.41) is 12.7. The monoisotopic (exact) mass is 436 g/mol. The van der Waals surface area contributed by atoms with E-state index in [2.05, 4.69) is 15.3 Å². The van der Waals surface area contributed by atoms with Crippen LogP contribution in [0.1, 0.15) is 40.0 Å². The van der Waals surface area contributed by atoms with Crippen LogP contribution in [0.4, 0.5) is 5.69 Å². The summed E-state index contributed by atoms with van der Waals surface area (Å²) in [7, 11) is 3.02. The average Bonchev–Trinajstić information content (AvgIpc) is 3.14. The molecule has 0 aliphatic carbocycles. The lowest BCUT2D eigenvalue weighted by Gasteiger charge is -2.39. The molecular weight excluding hydrogens is 412 g/mol. The molecule has 3 N–H and O–H groups in total. The number of carboxylic acid groups (broad SMARTS) is 1. The number of rotatable bonds is 7. The second-order valence-electron chi connectivity index (χ2n) is 6.99. The Labute approximate surface area is 179 Å². The Hall–Kier alpha value is -2.78. The minimum Gasteiger partial charge on any atom is -0.496 e. The molecule has 3 rings (SSSR count). The topological polar surface area (TPSA) is 117 Å². The van der Waals surface area contributed by atoms with Gasteiger partial charge < -0.3 is 29.8 Å². The molecule has 1 aliphatic heterocycles. The zero-order valence-electron chi connectivity index (χ0n) is 17.1. The zero-order chi connectivity index (χ0) is 21.8. The van der Waals surface area contributed by atoms with Gasteiger partial charge in [-0.05, 0) is 31.0 Å². The lowest BCUT2D eigenvalue weighted by molar-refractivity contribution is 0.0538. The maximum absolute atomic E-state index is 12.6. The molecule has 0 bridgehead atoms. The van der Waals surface area contributed by atoms with Gasteiger partial charge in [-0.3, -0.25) is 4.79 Å². The van der Waals surface area contributed by atoms with Crippen LogP contribution in [-0.2, 0) is 11.2 Å². The van der Waals surface area contributed by atoms with E-state index in [0.717, 1.165) is 5.69 Å². The molecule has 9 nitrogen and oxygen atoms in total. The van der Waals surface area contributed by atoms with Crippen LogP contribution in [0.5, 0.6) is 5.75 Å². The van der Waals surface area contributed by atoms with Gasteiger partial charge in [0.15, 0.2) is 11.0 Å². The van der Waals surface area contributed by atoms with E-state index in [1.54, 1.807) is 19.2 Å². The Bertz CT molecular complexity index is 932. The third kappa shape index (κ3) is 4.52. The van der Waals surface area contributed by atoms with Gasteiger partial charge in [0, 0.05) is 25.9 Å². The third-order valence-electron chi connectivity index (χ3n) is 5.25. The molecule has 30 heavy (non-hydrogen) atoms. The zero-order valence-corrected chi connectivity index (χ0v) is 17.8. The standard InChI is InChI=1S/C20H25ClN4O5/c1-4-13-17(21)24-18(22-13)19(26)23-14-7-8-25(10-16(14)30-3)11-5-6-15(29-2)12(9-11)20(27)28/h5-6,9,14,16H,4,7-8,10H2,1-3H3,(H,22,24)(H,23,26)(H,27,28). The van der Waals surface area contributed by atoms with E-state index in [0.29, 0.717) is 42.5 Å². The van der Waals surface area contributed by atoms with Crippen molar-refractivity contribution in [3.8, 4) is 5.75 Å². The van der Waals surface area contributed by atoms with Crippen molar-refractivity contribution in [3.05, 3.63) is 40.4 Å². The summed E-state index contributed by atoms with van der Waals surface area (Å²) in [5.74, 6) is -0.909. The van der Waals surface area contributed by atoms with Gasteiger partial charge in [-0.1, -0.05) is 18.5 Å². The number of hydrogen-bond donors (Lipinski definition) is 3. The molecule has 2 heterocycles. The van der Waals surface area contributed by atoms with Crippen LogP contribution in [0.2, 0.25) is 5.15 Å². The second kappa shape index (κ2) is 9.36. The maximum atomic E-state index is 12.6. The molecule has 1 aromatic heterocycles. The summed E-state index contributed by atoms with van der Waals surface area (Å²) in [6.45, 7) is 3.04. The number of piperidine rings is 1. The van der Waals surface area contributed by atoms with Gasteiger partial charge >= 0.3 is 5.97 Å². The first kappa shape index (κ1) is 21.9. The summed E-state index contributed by atoms with van der Waals surface area (Å²) >= 11 is 6.03. The molecule has 0 saturated carbocycles. The number of halogens is 1. The van der Waals surface area contributed by atoms with Crippen molar-refractivity contribution < 1.29 is 24.2 Å². The van der Waals surface area contributed by atoms with Crippen molar-refractivity contribution in [2.45, 2.75) is 31.9 Å². The Balaban J connectivity index is 1.71. The molecule has 162 valence electrons. The molecule has 0 radical (unpaired) electrons. The van der Waals surface area contributed by atoms with Crippen LogP contribution in [0.15, 0.2) is 18.2 Å². The summed E-state index contributed by atoms with van der Waals surface area (Å²) in [6, 6.07) is 4.82. The van der Waals surface area contributed by atoms with Gasteiger partial charge in [0.05, 0.1) is 24.9 Å². The van der Waals surface area contributed by atoms with Crippen LogP contribution < -0.4 is 15.0 Å². The minimum absolute atomic E-state index is 0.0980. The molecule has 1 aromatic carbocycles. The number of nitrogens with one attached hydrogen (secondary N) is 2. The number of carbonyl (C=O) groups excluding carboxylic acids is 1. The molecule has 0 spiro atoms. The number of carboxylic acids is 1. The van der Waals surface area contributed by atoms with E-state index < -0.39 is 5.97 Å². The molecule has 10 heteroatoms. The van der Waals surface area contributed by atoms with E-state index >= 15 is 0 Å². The third-order valence-corrected chi connectivity index (χ3v) is 5.57. The number of amides is 1. The highest BCUT2D eigenvalue weighted by atomic mass is 35.5. The van der Waals surface area contributed by atoms with Gasteiger partial charge in [-0.15, -0.1) is 0 Å². The summed E-state index contributed by atoms with van der Waals surface area (Å²) < 4.78 is 10.7. The SMILES string of the molecule is CCc1[nH]c(C(=O)NC2CCN(c3ccc(OC)c(C(=O)O)c3)CC2OC)nc1Cl. The number of carbonyl (C=O) groups is 2. The summed E-state index contributed by atoms with van der Waals surface area (Å²) in [6.07, 6.45) is 0.987. The Morgan fingerprint density at radius 1 is 1.40 bits per heavy atom. The van der Waals surface area contributed by atoms with E-state index in [1.807, 2.05) is 17.9 Å². The van der Waals surface area contributed by atoms with Crippen molar-refractivity contribution in [1.29, 1.82) is 0 Å². The van der Waals surface area contributed by atoms with Crippen LogP contribution in [-0.4, -0.2) is 66.4 Å². The van der Waals surface area contributed by atoms with E-state index in [-0.39, 0.29) is 29.4 Å². The van der Waals surface area contributed by atoms with Crippen LogP contribution in [0, 0.1) is 0 Å². The molecule has 1 aliphatic rings. The lowest BCUT2D eigenvalue weighted by atomic mass is 10.00. The number of methoxy groups -OCH3 is 2. The first-order chi connectivity index (χ1) is 14.4. The summed E-state index contributed by atoms with van der Waals surface area (Å²) in [4.78, 5) is 33.1. The number of nitrogens with zero attached hydrogens (tertiary/aromatic N) is 2. The fourth-order valence-corrected chi connectivity index (χ4v) is 3.85. The van der Waals surface area contributed by atoms with Gasteiger partial charge in [0.25, 0.3) is 5.91 Å². The molecule has 2 aromatic rings. The minimum atomic E-state index is -1.05. The number of ether oxygens (including phenoxy) is 2.